The molecule has 0 unspecified atom stereocenters. The summed E-state index contributed by atoms with van der Waals surface area (Å²) in [6.07, 6.45) is 2.03. The minimum atomic E-state index is -0.433. The highest BCUT2D eigenvalue weighted by atomic mass is 35.5. The van der Waals surface area contributed by atoms with Gasteiger partial charge in [-0.25, -0.2) is 4.39 Å². The number of nitrogens with two attached hydrogens (primary N) is 1. The number of hydrogen-bond donors (Lipinski definition) is 1. The third-order valence-corrected chi connectivity index (χ3v) is 2.99. The monoisotopic (exact) mass is 248 g/mol. The number of nitrogens with zero attached hydrogens (tertiary/aromatic N) is 1. The van der Waals surface area contributed by atoms with Crippen molar-refractivity contribution in [3.05, 3.63) is 23.0 Å². The smallest absolute Gasteiger partial charge is 0.144 e. The summed E-state index contributed by atoms with van der Waals surface area (Å²) in [5.41, 5.74) is 6.95. The number of nitrogen functional groups attached to an aromatic ring is 1. The fourth-order valence-corrected chi connectivity index (χ4v) is 1.86. The van der Waals surface area contributed by atoms with E-state index in [-0.39, 0.29) is 5.02 Å². The molecule has 5 heteroatoms. The highest BCUT2D eigenvalue weighted by Gasteiger charge is 2.09. The number of anilines is 2. The van der Waals surface area contributed by atoms with Crippen LogP contribution in [-0.4, -0.2) is 25.6 Å². The van der Waals surface area contributed by atoms with Gasteiger partial charge in [0.1, 0.15) is 5.82 Å². The molecule has 0 saturated heterocycles. The van der Waals surface area contributed by atoms with Crippen LogP contribution in [0.2, 0.25) is 5.02 Å². The van der Waals surface area contributed by atoms with Crippen LogP contribution in [-0.2, 0) is 0 Å². The molecule has 2 nitrogen and oxygen atoms in total. The molecule has 0 heterocycles. The second-order valence-electron chi connectivity index (χ2n) is 3.24. The van der Waals surface area contributed by atoms with Crippen molar-refractivity contribution in [1.82, 2.24) is 0 Å². The van der Waals surface area contributed by atoms with Gasteiger partial charge in [-0.15, -0.1) is 0 Å². The third-order valence-electron chi connectivity index (χ3n) is 2.11. The Bertz CT molecular complexity index is 346. The van der Waals surface area contributed by atoms with E-state index in [1.54, 1.807) is 11.8 Å². The van der Waals surface area contributed by atoms with Crippen LogP contribution in [0.15, 0.2) is 12.1 Å². The minimum absolute atomic E-state index is 0.0644. The zero-order valence-electron chi connectivity index (χ0n) is 8.76. The largest absolute Gasteiger partial charge is 0.397 e. The molecule has 84 valence electrons. The van der Waals surface area contributed by atoms with E-state index in [0.29, 0.717) is 11.4 Å². The van der Waals surface area contributed by atoms with E-state index in [4.69, 9.17) is 17.3 Å². The quantitative estimate of drug-likeness (QED) is 0.831. The van der Waals surface area contributed by atoms with E-state index in [2.05, 4.69) is 0 Å². The molecule has 2 N–H and O–H groups in total. The SMILES string of the molecule is CSCCN(C)c1cc(F)c(Cl)cc1N. The van der Waals surface area contributed by atoms with Gasteiger partial charge in [-0.2, -0.15) is 11.8 Å². The number of thioether (sulfide) groups is 1. The van der Waals surface area contributed by atoms with Gasteiger partial charge in [0.2, 0.25) is 0 Å². The summed E-state index contributed by atoms with van der Waals surface area (Å²) in [6.45, 7) is 0.826. The molecule has 1 aromatic rings. The molecule has 0 aromatic heterocycles. The lowest BCUT2D eigenvalue weighted by Gasteiger charge is -2.20. The van der Waals surface area contributed by atoms with Crippen molar-refractivity contribution < 1.29 is 4.39 Å². The standard InChI is InChI=1S/C10H14ClFN2S/c1-14(3-4-15-2)10-6-8(12)7(11)5-9(10)13/h5-6H,3-4,13H2,1-2H3. The first-order chi connectivity index (χ1) is 7.06. The van der Waals surface area contributed by atoms with Gasteiger partial charge in [-0.3, -0.25) is 0 Å². The third kappa shape index (κ3) is 3.18. The molecule has 0 aliphatic carbocycles. The van der Waals surface area contributed by atoms with Crippen molar-refractivity contribution in [1.29, 1.82) is 0 Å². The van der Waals surface area contributed by atoms with Crippen LogP contribution < -0.4 is 10.6 Å². The molecule has 0 radical (unpaired) electrons. The summed E-state index contributed by atoms with van der Waals surface area (Å²) in [5.74, 6) is 0.539. The van der Waals surface area contributed by atoms with Gasteiger partial charge in [0.25, 0.3) is 0 Å². The molecule has 0 saturated carbocycles. The topological polar surface area (TPSA) is 29.3 Å². The average molecular weight is 249 g/mol. The normalized spacial score (nSPS) is 10.4. The number of benzene rings is 1. The van der Waals surface area contributed by atoms with Crippen molar-refractivity contribution in [3.63, 3.8) is 0 Å². The van der Waals surface area contributed by atoms with Crippen LogP contribution in [0.1, 0.15) is 0 Å². The van der Waals surface area contributed by atoms with E-state index in [1.165, 1.54) is 12.1 Å². The van der Waals surface area contributed by atoms with Crippen LogP contribution in [0.3, 0.4) is 0 Å². The van der Waals surface area contributed by atoms with Crippen molar-refractivity contribution in [2.24, 2.45) is 0 Å². The Hall–Kier alpha value is -0.610. The predicted molar refractivity (Wildman–Crippen MR) is 67.5 cm³/mol. The van der Waals surface area contributed by atoms with Gasteiger partial charge >= 0.3 is 0 Å². The molecule has 0 aliphatic heterocycles. The summed E-state index contributed by atoms with van der Waals surface area (Å²) in [4.78, 5) is 1.92. The first kappa shape index (κ1) is 12.5. The van der Waals surface area contributed by atoms with Gasteiger partial charge in [0.15, 0.2) is 0 Å². The second kappa shape index (κ2) is 5.47. The Morgan fingerprint density at radius 3 is 2.80 bits per heavy atom. The first-order valence-corrected chi connectivity index (χ1v) is 6.28. The summed E-state index contributed by atoms with van der Waals surface area (Å²) >= 11 is 7.35. The van der Waals surface area contributed by atoms with Gasteiger partial charge in [0, 0.05) is 25.4 Å². The summed E-state index contributed by atoms with van der Waals surface area (Å²) < 4.78 is 13.2. The van der Waals surface area contributed by atoms with Gasteiger partial charge in [-0.1, -0.05) is 11.6 Å². The summed E-state index contributed by atoms with van der Waals surface area (Å²) in [6, 6.07) is 2.82. The lowest BCUT2D eigenvalue weighted by atomic mass is 10.2. The molecule has 0 atom stereocenters. The first-order valence-electron chi connectivity index (χ1n) is 4.51. The number of hydrogen-bond acceptors (Lipinski definition) is 3. The number of halogens is 2. The van der Waals surface area contributed by atoms with E-state index in [0.717, 1.165) is 12.3 Å². The van der Waals surface area contributed by atoms with Crippen molar-refractivity contribution >= 4 is 34.7 Å². The minimum Gasteiger partial charge on any atom is -0.397 e. The highest BCUT2D eigenvalue weighted by Crippen LogP contribution is 2.28. The van der Waals surface area contributed by atoms with Gasteiger partial charge < -0.3 is 10.6 Å². The lowest BCUT2D eigenvalue weighted by molar-refractivity contribution is 0.628. The second-order valence-corrected chi connectivity index (χ2v) is 4.63. The van der Waals surface area contributed by atoms with E-state index < -0.39 is 5.82 Å². The Kier molecular flexibility index (Phi) is 4.54. The van der Waals surface area contributed by atoms with Crippen LogP contribution in [0.4, 0.5) is 15.8 Å². The van der Waals surface area contributed by atoms with Crippen molar-refractivity contribution in [3.8, 4) is 0 Å². The fourth-order valence-electron chi connectivity index (χ4n) is 1.23. The van der Waals surface area contributed by atoms with Crippen LogP contribution in [0, 0.1) is 5.82 Å². The molecule has 0 amide bonds. The average Bonchev–Trinajstić information content (AvgIpc) is 2.20. The van der Waals surface area contributed by atoms with Gasteiger partial charge in [0.05, 0.1) is 16.4 Å². The Balaban J connectivity index is 2.88. The molecular weight excluding hydrogens is 235 g/mol. The maximum absolute atomic E-state index is 13.2. The van der Waals surface area contributed by atoms with Gasteiger partial charge in [-0.05, 0) is 12.3 Å². The van der Waals surface area contributed by atoms with E-state index in [9.17, 15) is 4.39 Å². The highest BCUT2D eigenvalue weighted by molar-refractivity contribution is 7.98. The van der Waals surface area contributed by atoms with Crippen molar-refractivity contribution in [2.75, 3.05) is 36.2 Å². The van der Waals surface area contributed by atoms with E-state index in [1.807, 2.05) is 18.2 Å². The lowest BCUT2D eigenvalue weighted by Crippen LogP contribution is -2.21. The van der Waals surface area contributed by atoms with Crippen molar-refractivity contribution in [2.45, 2.75) is 0 Å². The zero-order chi connectivity index (χ0) is 11.4. The molecule has 15 heavy (non-hydrogen) atoms. The van der Waals surface area contributed by atoms with Crippen LogP contribution in [0.5, 0.6) is 0 Å². The van der Waals surface area contributed by atoms with E-state index >= 15 is 0 Å². The molecule has 0 spiro atoms. The predicted octanol–water partition coefficient (Wildman–Crippen LogP) is 2.86. The maximum Gasteiger partial charge on any atom is 0.144 e. The molecule has 0 fully saturated rings. The zero-order valence-corrected chi connectivity index (χ0v) is 10.3. The Morgan fingerprint density at radius 1 is 1.53 bits per heavy atom. The molecule has 0 bridgehead atoms. The fraction of sp³-hybridized carbons (Fsp3) is 0.400. The molecule has 1 rings (SSSR count). The molecule has 0 aliphatic rings. The molecular formula is C10H14ClFN2S. The summed E-state index contributed by atoms with van der Waals surface area (Å²) in [5, 5.41) is 0.0644. The number of rotatable bonds is 4. The van der Waals surface area contributed by atoms with Crippen LogP contribution >= 0.6 is 23.4 Å². The van der Waals surface area contributed by atoms with Crippen LogP contribution in [0.25, 0.3) is 0 Å². The summed E-state index contributed by atoms with van der Waals surface area (Å²) in [7, 11) is 1.88. The molecule has 1 aromatic carbocycles. The Morgan fingerprint density at radius 2 is 2.20 bits per heavy atom. The Labute approximate surface area is 98.6 Å². The maximum atomic E-state index is 13.2.